The summed E-state index contributed by atoms with van der Waals surface area (Å²) in [5.41, 5.74) is 3.36. The number of aromatic nitrogens is 4. The fourth-order valence-electron chi connectivity index (χ4n) is 4.94. The third kappa shape index (κ3) is 4.63. The first kappa shape index (κ1) is 23.9. The van der Waals surface area contributed by atoms with Gasteiger partial charge >= 0.3 is 0 Å². The maximum absolute atomic E-state index is 13.8. The highest BCUT2D eigenvalue weighted by atomic mass is 19.1. The van der Waals surface area contributed by atoms with E-state index in [0.717, 1.165) is 23.9 Å². The number of ether oxygens (including phenoxy) is 1. The maximum Gasteiger partial charge on any atom is 0.229 e. The van der Waals surface area contributed by atoms with Gasteiger partial charge in [-0.05, 0) is 48.2 Å². The Bertz CT molecular complexity index is 1520. The topological polar surface area (TPSA) is 91.9 Å². The summed E-state index contributed by atoms with van der Waals surface area (Å²) in [6.45, 7) is 0.201. The Kier molecular flexibility index (Phi) is 6.12. The zero-order valence-electron chi connectivity index (χ0n) is 20.7. The summed E-state index contributed by atoms with van der Waals surface area (Å²) in [6.07, 6.45) is 10.1. The lowest BCUT2D eigenvalue weighted by molar-refractivity contribution is 0.264. The molecule has 8 nitrogen and oxygen atoms in total. The highest BCUT2D eigenvalue weighted by molar-refractivity contribution is 5.64. The fourth-order valence-corrected chi connectivity index (χ4v) is 4.94. The van der Waals surface area contributed by atoms with E-state index in [2.05, 4.69) is 26.3 Å². The molecule has 1 unspecified atom stereocenters. The van der Waals surface area contributed by atoms with E-state index < -0.39 is 17.7 Å². The van der Waals surface area contributed by atoms with Crippen molar-refractivity contribution in [3.05, 3.63) is 83.6 Å². The van der Waals surface area contributed by atoms with Crippen LogP contribution in [0.15, 0.2) is 55.1 Å². The average molecular weight is 514 g/mol. The summed E-state index contributed by atoms with van der Waals surface area (Å²) in [6, 6.07) is 10.7. The number of hydrogen-bond donors (Lipinski definition) is 1. The molecule has 4 aromatic rings. The molecule has 1 saturated carbocycles. The maximum atomic E-state index is 13.8. The quantitative estimate of drug-likeness (QED) is 0.366. The van der Waals surface area contributed by atoms with Gasteiger partial charge in [-0.2, -0.15) is 10.2 Å². The van der Waals surface area contributed by atoms with Crippen LogP contribution in [0.4, 0.5) is 26.2 Å². The van der Waals surface area contributed by atoms with Crippen LogP contribution in [0, 0.1) is 28.9 Å². The van der Waals surface area contributed by atoms with Crippen molar-refractivity contribution >= 4 is 17.5 Å². The normalized spacial score (nSPS) is 16.8. The molecule has 2 aromatic heterocycles. The lowest BCUT2D eigenvalue weighted by Gasteiger charge is -2.35. The molecule has 0 spiro atoms. The lowest BCUT2D eigenvalue weighted by Crippen LogP contribution is -2.34. The van der Waals surface area contributed by atoms with E-state index in [1.165, 1.54) is 31.4 Å². The van der Waals surface area contributed by atoms with Crippen molar-refractivity contribution in [1.82, 2.24) is 19.5 Å². The molecule has 0 saturated heterocycles. The van der Waals surface area contributed by atoms with Gasteiger partial charge in [0.25, 0.3) is 0 Å². The van der Waals surface area contributed by atoms with E-state index in [1.807, 2.05) is 27.8 Å². The number of anilines is 3. The molecular formula is C28H25F2N7O. The molecule has 0 amide bonds. The van der Waals surface area contributed by atoms with E-state index in [1.54, 1.807) is 25.6 Å². The number of benzene rings is 2. The van der Waals surface area contributed by atoms with E-state index in [9.17, 15) is 14.0 Å². The molecule has 3 heterocycles. The van der Waals surface area contributed by atoms with Crippen molar-refractivity contribution in [2.45, 2.75) is 31.7 Å². The summed E-state index contributed by atoms with van der Waals surface area (Å²) in [7, 11) is 1.79. The van der Waals surface area contributed by atoms with Crippen molar-refractivity contribution in [2.24, 2.45) is 5.92 Å². The van der Waals surface area contributed by atoms with Gasteiger partial charge in [-0.1, -0.05) is 19.3 Å². The van der Waals surface area contributed by atoms with Gasteiger partial charge in [0.15, 0.2) is 11.6 Å². The predicted octanol–water partition coefficient (Wildman–Crippen LogP) is 5.47. The Morgan fingerprint density at radius 3 is 2.68 bits per heavy atom. The summed E-state index contributed by atoms with van der Waals surface area (Å²) < 4.78 is 35.3. The Hall–Kier alpha value is -4.52. The number of halogens is 2. The number of nitrogens with one attached hydrogen (secondary N) is 1. The van der Waals surface area contributed by atoms with E-state index in [4.69, 9.17) is 4.74 Å². The minimum absolute atomic E-state index is 0.201. The number of imidazole rings is 1. The number of likely N-dealkylation sites (N-methyl/N-ethyl adjacent to an activating group) is 1. The molecule has 0 bridgehead atoms. The molecule has 1 aliphatic carbocycles. The van der Waals surface area contributed by atoms with Crippen LogP contribution < -0.4 is 15.0 Å². The first-order chi connectivity index (χ1) is 18.5. The average Bonchev–Trinajstić information content (AvgIpc) is 3.34. The van der Waals surface area contributed by atoms with Crippen molar-refractivity contribution < 1.29 is 13.5 Å². The molecule has 0 radical (unpaired) electrons. The van der Waals surface area contributed by atoms with E-state index in [-0.39, 0.29) is 6.61 Å². The Morgan fingerprint density at radius 2 is 1.95 bits per heavy atom. The fraction of sp³-hybridized carbons (Fsp3) is 0.286. The van der Waals surface area contributed by atoms with Gasteiger partial charge in [-0.15, -0.1) is 0 Å². The first-order valence-corrected chi connectivity index (χ1v) is 12.5. The van der Waals surface area contributed by atoms with Gasteiger partial charge in [0.05, 0.1) is 35.5 Å². The van der Waals surface area contributed by atoms with Crippen LogP contribution in [0.5, 0.6) is 5.75 Å². The van der Waals surface area contributed by atoms with Gasteiger partial charge in [0, 0.05) is 25.0 Å². The second kappa shape index (κ2) is 9.74. The highest BCUT2D eigenvalue weighted by Crippen LogP contribution is 2.37. The third-order valence-electron chi connectivity index (χ3n) is 7.21. The minimum atomic E-state index is -0.647. The molecule has 10 heteroatoms. The van der Waals surface area contributed by atoms with Crippen LogP contribution >= 0.6 is 0 Å². The van der Waals surface area contributed by atoms with Gasteiger partial charge in [0.1, 0.15) is 24.3 Å². The standard InChI is InChI=1S/C28H25F2N7O/c1-36-25(18-8-20(29)11-21(30)9-18)15-38-26-13-32-28(35-27(26)36)34-22-5-6-24(19(10-22)12-31)37-14-23(33-16-37)7-17-3-2-4-17/h5-6,8-11,13-14,16-17,25H,2-4,7,15H2,1H3,(H,32,34,35). The van der Waals surface area contributed by atoms with Crippen LogP contribution in [0.2, 0.25) is 0 Å². The van der Waals surface area contributed by atoms with Crippen LogP contribution in [-0.2, 0) is 6.42 Å². The van der Waals surface area contributed by atoms with Crippen LogP contribution in [0.1, 0.15) is 42.1 Å². The van der Waals surface area contributed by atoms with E-state index in [0.29, 0.717) is 40.2 Å². The van der Waals surface area contributed by atoms with Gasteiger partial charge in [-0.25, -0.2) is 18.7 Å². The minimum Gasteiger partial charge on any atom is -0.486 e. The van der Waals surface area contributed by atoms with Crippen molar-refractivity contribution in [2.75, 3.05) is 23.9 Å². The molecule has 192 valence electrons. The second-order valence-corrected chi connectivity index (χ2v) is 9.76. The van der Waals surface area contributed by atoms with Gasteiger partial charge < -0.3 is 19.5 Å². The molecule has 1 aliphatic heterocycles. The number of rotatable bonds is 6. The number of nitrogens with zero attached hydrogens (tertiary/aromatic N) is 6. The number of fused-ring (bicyclic) bond motifs is 1. The summed E-state index contributed by atoms with van der Waals surface area (Å²) in [4.78, 5) is 15.3. The van der Waals surface area contributed by atoms with Crippen LogP contribution in [-0.4, -0.2) is 33.2 Å². The zero-order valence-corrected chi connectivity index (χ0v) is 20.7. The smallest absolute Gasteiger partial charge is 0.229 e. The predicted molar refractivity (Wildman–Crippen MR) is 138 cm³/mol. The molecule has 38 heavy (non-hydrogen) atoms. The lowest BCUT2D eigenvalue weighted by atomic mass is 9.82. The second-order valence-electron chi connectivity index (χ2n) is 9.76. The Labute approximate surface area is 218 Å². The van der Waals surface area contributed by atoms with E-state index >= 15 is 0 Å². The summed E-state index contributed by atoms with van der Waals surface area (Å²) >= 11 is 0. The Morgan fingerprint density at radius 1 is 1.13 bits per heavy atom. The summed E-state index contributed by atoms with van der Waals surface area (Å²) in [5.74, 6) is 0.673. The van der Waals surface area contributed by atoms with Gasteiger partial charge in [-0.3, -0.25) is 0 Å². The largest absolute Gasteiger partial charge is 0.486 e. The highest BCUT2D eigenvalue weighted by Gasteiger charge is 2.29. The molecule has 1 N–H and O–H groups in total. The number of hydrogen-bond acceptors (Lipinski definition) is 7. The molecule has 2 aromatic carbocycles. The number of nitriles is 1. The molecule has 1 atom stereocenters. The van der Waals surface area contributed by atoms with Crippen LogP contribution in [0.3, 0.4) is 0 Å². The van der Waals surface area contributed by atoms with Crippen molar-refractivity contribution in [1.29, 1.82) is 5.26 Å². The van der Waals surface area contributed by atoms with Crippen molar-refractivity contribution in [3.63, 3.8) is 0 Å². The zero-order chi connectivity index (χ0) is 26.2. The molecular weight excluding hydrogens is 488 g/mol. The molecule has 1 fully saturated rings. The molecule has 2 aliphatic rings. The van der Waals surface area contributed by atoms with Gasteiger partial charge in [0.2, 0.25) is 5.95 Å². The summed E-state index contributed by atoms with van der Waals surface area (Å²) in [5, 5.41) is 13.0. The first-order valence-electron chi connectivity index (χ1n) is 12.5. The SMILES string of the molecule is CN1c2nc(Nc3ccc(-n4cnc(CC5CCC5)c4)c(C#N)c3)ncc2OCC1c1cc(F)cc(F)c1. The monoisotopic (exact) mass is 513 g/mol. The Balaban J connectivity index is 1.22. The molecule has 6 rings (SSSR count). The van der Waals surface area contributed by atoms with Crippen LogP contribution in [0.25, 0.3) is 5.69 Å². The third-order valence-corrected chi connectivity index (χ3v) is 7.21. The van der Waals surface area contributed by atoms with Crippen molar-refractivity contribution in [3.8, 4) is 17.5 Å².